The maximum atomic E-state index is 12.9. The molecule has 2 aliphatic rings. The Labute approximate surface area is 206 Å². The molecule has 3 rings (SSSR count). The SMILES string of the molecule is CN1CCN(CCO)C(=O)C12CCN(Cc1ccsc1)CC2.O=C(O)C(F)(F)F.O=C(O)C(F)(F)F. The van der Waals surface area contributed by atoms with Crippen LogP contribution in [0.25, 0.3) is 0 Å². The molecule has 206 valence electrons. The summed E-state index contributed by atoms with van der Waals surface area (Å²) in [5, 5.41) is 27.7. The smallest absolute Gasteiger partial charge is 0.475 e. The molecule has 1 aromatic rings. The molecule has 3 heterocycles. The van der Waals surface area contributed by atoms with E-state index in [1.807, 2.05) is 4.90 Å². The highest BCUT2D eigenvalue weighted by Crippen LogP contribution is 2.33. The molecule has 2 aliphatic heterocycles. The van der Waals surface area contributed by atoms with Crippen LogP contribution in [0, 0.1) is 0 Å². The molecule has 0 aromatic carbocycles. The zero-order valence-electron chi connectivity index (χ0n) is 19.2. The zero-order valence-corrected chi connectivity index (χ0v) is 20.0. The van der Waals surface area contributed by atoms with E-state index in [0.717, 1.165) is 45.6 Å². The number of carboxylic acids is 2. The molecule has 0 aliphatic carbocycles. The predicted octanol–water partition coefficient (Wildman–Crippen LogP) is 2.12. The fraction of sp³-hybridized carbons (Fsp3) is 0.650. The highest BCUT2D eigenvalue weighted by molar-refractivity contribution is 7.07. The van der Waals surface area contributed by atoms with Crippen molar-refractivity contribution >= 4 is 29.2 Å². The lowest BCUT2D eigenvalue weighted by Crippen LogP contribution is -2.67. The minimum Gasteiger partial charge on any atom is -0.475 e. The average molecular weight is 552 g/mol. The summed E-state index contributed by atoms with van der Waals surface area (Å²) in [6.45, 7) is 5.05. The summed E-state index contributed by atoms with van der Waals surface area (Å²) >= 11 is 1.74. The summed E-state index contributed by atoms with van der Waals surface area (Å²) in [6, 6.07) is 2.18. The van der Waals surface area contributed by atoms with Crippen LogP contribution in [-0.2, 0) is 20.9 Å². The molecule has 16 heteroatoms. The number of piperazine rings is 1. The standard InChI is InChI=1S/C16H25N3O2S.2C2HF3O2/c1-17-7-8-19(9-10-20)15(21)16(17)3-5-18(6-4-16)12-14-2-11-22-13-14;2*3-2(4,5)1(6)7/h2,11,13,20H,3-10,12H2,1H3;2*(H,6,7). The number of halogens is 6. The second-order valence-electron chi connectivity index (χ2n) is 7.98. The Kier molecular flexibility index (Phi) is 11.6. The van der Waals surface area contributed by atoms with Crippen molar-refractivity contribution in [2.45, 2.75) is 37.3 Å². The van der Waals surface area contributed by atoms with Gasteiger partial charge in [0.2, 0.25) is 5.91 Å². The Bertz CT molecular complexity index is 833. The molecule has 9 nitrogen and oxygen atoms in total. The van der Waals surface area contributed by atoms with E-state index in [-0.39, 0.29) is 18.1 Å². The third-order valence-corrected chi connectivity index (χ3v) is 6.38. The molecule has 0 atom stereocenters. The third kappa shape index (κ3) is 9.22. The molecule has 0 saturated carbocycles. The number of carboxylic acid groups (broad SMARTS) is 2. The largest absolute Gasteiger partial charge is 0.490 e. The van der Waals surface area contributed by atoms with Gasteiger partial charge in [-0.3, -0.25) is 14.6 Å². The first-order chi connectivity index (χ1) is 16.5. The molecule has 3 N–H and O–H groups in total. The maximum Gasteiger partial charge on any atom is 0.490 e. The molecular weight excluding hydrogens is 524 g/mol. The maximum absolute atomic E-state index is 12.9. The van der Waals surface area contributed by atoms with E-state index in [1.54, 1.807) is 11.3 Å². The van der Waals surface area contributed by atoms with Gasteiger partial charge in [-0.15, -0.1) is 0 Å². The van der Waals surface area contributed by atoms with Gasteiger partial charge in [-0.05, 0) is 42.3 Å². The van der Waals surface area contributed by atoms with E-state index in [2.05, 4.69) is 33.7 Å². The van der Waals surface area contributed by atoms with Crippen LogP contribution in [0.15, 0.2) is 16.8 Å². The lowest BCUT2D eigenvalue weighted by molar-refractivity contribution is -0.193. The van der Waals surface area contributed by atoms with Crippen LogP contribution in [0.2, 0.25) is 0 Å². The van der Waals surface area contributed by atoms with E-state index < -0.39 is 24.3 Å². The van der Waals surface area contributed by atoms with Crippen molar-refractivity contribution in [3.05, 3.63) is 22.4 Å². The number of rotatable bonds is 4. The molecule has 1 spiro atoms. The second kappa shape index (κ2) is 13.2. The van der Waals surface area contributed by atoms with E-state index in [0.29, 0.717) is 6.54 Å². The van der Waals surface area contributed by atoms with Crippen molar-refractivity contribution in [1.82, 2.24) is 14.7 Å². The van der Waals surface area contributed by atoms with Crippen molar-refractivity contribution in [1.29, 1.82) is 0 Å². The van der Waals surface area contributed by atoms with Crippen molar-refractivity contribution in [3.63, 3.8) is 0 Å². The van der Waals surface area contributed by atoms with Crippen LogP contribution < -0.4 is 0 Å². The number of nitrogens with zero attached hydrogens (tertiary/aromatic N) is 3. The number of amides is 1. The summed E-state index contributed by atoms with van der Waals surface area (Å²) in [5.74, 6) is -5.30. The lowest BCUT2D eigenvalue weighted by Gasteiger charge is -2.51. The molecular formula is C20H27F6N3O6S. The van der Waals surface area contributed by atoms with Gasteiger partial charge in [-0.25, -0.2) is 9.59 Å². The highest BCUT2D eigenvalue weighted by Gasteiger charge is 2.49. The number of carbonyl (C=O) groups excluding carboxylic acids is 1. The van der Waals surface area contributed by atoms with Gasteiger partial charge in [0.25, 0.3) is 0 Å². The fourth-order valence-corrected chi connectivity index (χ4v) is 4.36. The van der Waals surface area contributed by atoms with Gasteiger partial charge < -0.3 is 20.2 Å². The van der Waals surface area contributed by atoms with Gasteiger partial charge in [0.05, 0.1) is 6.61 Å². The van der Waals surface area contributed by atoms with Gasteiger partial charge in [-0.2, -0.15) is 37.7 Å². The second-order valence-corrected chi connectivity index (χ2v) is 8.76. The van der Waals surface area contributed by atoms with Gasteiger partial charge in [-0.1, -0.05) is 0 Å². The van der Waals surface area contributed by atoms with Crippen molar-refractivity contribution in [2.75, 3.05) is 46.4 Å². The van der Waals surface area contributed by atoms with Crippen LogP contribution in [0.3, 0.4) is 0 Å². The van der Waals surface area contributed by atoms with E-state index >= 15 is 0 Å². The Morgan fingerprint density at radius 2 is 1.50 bits per heavy atom. The van der Waals surface area contributed by atoms with Gasteiger partial charge in [0, 0.05) is 39.3 Å². The topological polar surface area (TPSA) is 122 Å². The zero-order chi connectivity index (χ0) is 27.7. The number of alkyl halides is 6. The lowest BCUT2D eigenvalue weighted by atomic mass is 9.82. The number of piperidine rings is 1. The Morgan fingerprint density at radius 1 is 1.00 bits per heavy atom. The molecule has 0 bridgehead atoms. The summed E-state index contributed by atoms with van der Waals surface area (Å²) in [5.41, 5.74) is 1.02. The average Bonchev–Trinajstić information content (AvgIpc) is 3.28. The number of thiophene rings is 1. The minimum absolute atomic E-state index is 0.0514. The third-order valence-electron chi connectivity index (χ3n) is 5.65. The first kappa shape index (κ1) is 31.6. The molecule has 2 fully saturated rings. The number of aliphatic hydroxyl groups excluding tert-OH is 1. The monoisotopic (exact) mass is 551 g/mol. The number of hydrogen-bond donors (Lipinski definition) is 3. The molecule has 2 saturated heterocycles. The molecule has 0 unspecified atom stereocenters. The van der Waals surface area contributed by atoms with Gasteiger partial charge >= 0.3 is 24.3 Å². The van der Waals surface area contributed by atoms with E-state index in [4.69, 9.17) is 24.9 Å². The van der Waals surface area contributed by atoms with Gasteiger partial charge in [0.1, 0.15) is 5.54 Å². The number of aliphatic carboxylic acids is 2. The number of aliphatic hydroxyl groups is 1. The number of β-amino-alcohol motifs (C(OH)–C–C–N with tert-alkyl or cyclic N) is 1. The normalized spacial score (nSPS) is 18.7. The Morgan fingerprint density at radius 3 is 1.89 bits per heavy atom. The van der Waals surface area contributed by atoms with Crippen LogP contribution in [0.1, 0.15) is 18.4 Å². The van der Waals surface area contributed by atoms with Crippen molar-refractivity contribution in [2.24, 2.45) is 0 Å². The fourth-order valence-electron chi connectivity index (χ4n) is 3.70. The molecule has 1 aromatic heterocycles. The number of likely N-dealkylation sites (N-methyl/N-ethyl adjacent to an activating group) is 1. The summed E-state index contributed by atoms with van der Waals surface area (Å²) in [6.07, 6.45) is -8.40. The van der Waals surface area contributed by atoms with Gasteiger partial charge in [0.15, 0.2) is 0 Å². The first-order valence-electron chi connectivity index (χ1n) is 10.5. The van der Waals surface area contributed by atoms with Crippen LogP contribution in [-0.4, -0.2) is 112 Å². The number of likely N-dealkylation sites (tertiary alicyclic amines) is 1. The quantitative estimate of drug-likeness (QED) is 0.487. The Hall–Kier alpha value is -2.43. The predicted molar refractivity (Wildman–Crippen MR) is 115 cm³/mol. The summed E-state index contributed by atoms with van der Waals surface area (Å²) in [4.78, 5) is 37.2. The Balaban J connectivity index is 0.000000383. The van der Waals surface area contributed by atoms with E-state index in [1.165, 1.54) is 5.56 Å². The van der Waals surface area contributed by atoms with Crippen LogP contribution in [0.4, 0.5) is 26.3 Å². The van der Waals surface area contributed by atoms with Crippen LogP contribution >= 0.6 is 11.3 Å². The van der Waals surface area contributed by atoms with Crippen molar-refractivity contribution in [3.8, 4) is 0 Å². The minimum atomic E-state index is -5.08. The van der Waals surface area contributed by atoms with Crippen molar-refractivity contribution < 1.29 is 56.0 Å². The molecule has 1 amide bonds. The molecule has 36 heavy (non-hydrogen) atoms. The molecule has 0 radical (unpaired) electrons. The summed E-state index contributed by atoms with van der Waals surface area (Å²) in [7, 11) is 2.07. The van der Waals surface area contributed by atoms with E-state index in [9.17, 15) is 31.1 Å². The number of carbonyl (C=O) groups is 3. The number of hydrogen-bond acceptors (Lipinski definition) is 7. The first-order valence-corrected chi connectivity index (χ1v) is 11.4. The summed E-state index contributed by atoms with van der Waals surface area (Å²) < 4.78 is 63.5. The highest BCUT2D eigenvalue weighted by atomic mass is 32.1. The van der Waals surface area contributed by atoms with Crippen LogP contribution in [0.5, 0.6) is 0 Å².